The van der Waals surface area contributed by atoms with Crippen molar-refractivity contribution >= 4 is 11.6 Å². The zero-order valence-corrected chi connectivity index (χ0v) is 9.87. The fourth-order valence-corrected chi connectivity index (χ4v) is 2.03. The molecule has 0 radical (unpaired) electrons. The summed E-state index contributed by atoms with van der Waals surface area (Å²) < 4.78 is 16.1. The highest BCUT2D eigenvalue weighted by Crippen LogP contribution is 2.46. The van der Waals surface area contributed by atoms with Crippen molar-refractivity contribution in [1.29, 1.82) is 0 Å². The van der Waals surface area contributed by atoms with E-state index < -0.39 is 6.10 Å². The third kappa shape index (κ3) is 1.79. The molecular weight excluding hydrogens is 232 g/mol. The summed E-state index contributed by atoms with van der Waals surface area (Å²) in [7, 11) is 1.50. The molecule has 1 atom stereocenters. The second-order valence-corrected chi connectivity index (χ2v) is 3.91. The number of rotatable bonds is 2. The van der Waals surface area contributed by atoms with Gasteiger partial charge in [-0.15, -0.1) is 0 Å². The van der Waals surface area contributed by atoms with E-state index in [0.29, 0.717) is 41.0 Å². The van der Waals surface area contributed by atoms with Crippen molar-refractivity contribution in [3.05, 3.63) is 16.7 Å². The Morgan fingerprint density at radius 3 is 2.75 bits per heavy atom. The van der Waals surface area contributed by atoms with Crippen molar-refractivity contribution in [3.63, 3.8) is 0 Å². The van der Waals surface area contributed by atoms with Gasteiger partial charge in [-0.3, -0.25) is 0 Å². The van der Waals surface area contributed by atoms with Crippen LogP contribution in [0, 0.1) is 0 Å². The number of aliphatic hydroxyl groups is 1. The Bertz CT molecular complexity index is 403. The van der Waals surface area contributed by atoms with Crippen LogP contribution in [0.5, 0.6) is 17.2 Å². The molecule has 1 aromatic carbocycles. The number of fused-ring (bicyclic) bond motifs is 1. The van der Waals surface area contributed by atoms with E-state index in [0.717, 1.165) is 0 Å². The summed E-state index contributed by atoms with van der Waals surface area (Å²) in [5.41, 5.74) is 0.532. The first-order chi connectivity index (χ1) is 7.65. The number of hydrogen-bond acceptors (Lipinski definition) is 4. The Morgan fingerprint density at radius 2 is 2.12 bits per heavy atom. The molecule has 1 aliphatic rings. The third-order valence-corrected chi connectivity index (χ3v) is 2.68. The van der Waals surface area contributed by atoms with Crippen LogP contribution in [0.1, 0.15) is 18.6 Å². The van der Waals surface area contributed by atoms with Crippen molar-refractivity contribution in [1.82, 2.24) is 0 Å². The Labute approximate surface area is 98.7 Å². The average Bonchev–Trinajstić information content (AvgIpc) is 2.26. The van der Waals surface area contributed by atoms with Crippen molar-refractivity contribution < 1.29 is 19.3 Å². The van der Waals surface area contributed by atoms with E-state index in [4.69, 9.17) is 25.8 Å². The zero-order chi connectivity index (χ0) is 11.7. The van der Waals surface area contributed by atoms with Gasteiger partial charge in [0.05, 0.1) is 23.8 Å². The molecule has 0 aliphatic carbocycles. The van der Waals surface area contributed by atoms with E-state index in [1.807, 2.05) is 0 Å². The molecule has 0 bridgehead atoms. The van der Waals surface area contributed by atoms with Crippen LogP contribution < -0.4 is 14.2 Å². The molecule has 0 saturated carbocycles. The fourth-order valence-electron chi connectivity index (χ4n) is 1.75. The molecule has 0 aromatic heterocycles. The van der Waals surface area contributed by atoms with Crippen LogP contribution in [0.3, 0.4) is 0 Å². The van der Waals surface area contributed by atoms with Crippen molar-refractivity contribution in [3.8, 4) is 17.2 Å². The van der Waals surface area contributed by atoms with Gasteiger partial charge in [-0.2, -0.15) is 0 Å². The summed E-state index contributed by atoms with van der Waals surface area (Å²) in [5.74, 6) is 1.50. The highest BCUT2D eigenvalue weighted by molar-refractivity contribution is 6.32. The van der Waals surface area contributed by atoms with E-state index >= 15 is 0 Å². The van der Waals surface area contributed by atoms with Crippen molar-refractivity contribution in [2.24, 2.45) is 0 Å². The molecule has 0 saturated heterocycles. The summed E-state index contributed by atoms with van der Waals surface area (Å²) in [6.45, 7) is 2.57. The second-order valence-electron chi connectivity index (χ2n) is 3.51. The number of halogens is 1. The predicted molar refractivity (Wildman–Crippen MR) is 59.6 cm³/mol. The first-order valence-corrected chi connectivity index (χ1v) is 5.37. The highest BCUT2D eigenvalue weighted by Gasteiger charge is 2.25. The molecule has 0 fully saturated rings. The highest BCUT2D eigenvalue weighted by atomic mass is 35.5. The Kier molecular flexibility index (Phi) is 3.12. The fraction of sp³-hybridized carbons (Fsp3) is 0.455. The number of ether oxygens (including phenoxy) is 3. The minimum absolute atomic E-state index is 0.405. The monoisotopic (exact) mass is 244 g/mol. The molecule has 1 unspecified atom stereocenters. The van der Waals surface area contributed by atoms with E-state index in [9.17, 15) is 5.11 Å². The number of hydrogen-bond donors (Lipinski definition) is 1. The first kappa shape index (κ1) is 11.4. The topological polar surface area (TPSA) is 47.9 Å². The van der Waals surface area contributed by atoms with E-state index in [-0.39, 0.29) is 0 Å². The van der Waals surface area contributed by atoms with Crippen LogP contribution in [-0.4, -0.2) is 25.4 Å². The van der Waals surface area contributed by atoms with E-state index in [1.54, 1.807) is 13.0 Å². The van der Waals surface area contributed by atoms with Gasteiger partial charge in [0.1, 0.15) is 19.0 Å². The smallest absolute Gasteiger partial charge is 0.170 e. The Hall–Kier alpha value is -1.13. The van der Waals surface area contributed by atoms with Crippen molar-refractivity contribution in [2.75, 3.05) is 20.3 Å². The molecule has 0 amide bonds. The lowest BCUT2D eigenvalue weighted by molar-refractivity contribution is 0.150. The maximum atomic E-state index is 9.74. The van der Waals surface area contributed by atoms with Crippen LogP contribution in [0.15, 0.2) is 6.07 Å². The summed E-state index contributed by atoms with van der Waals surface area (Å²) in [6, 6.07) is 1.64. The summed E-state index contributed by atoms with van der Waals surface area (Å²) >= 11 is 6.04. The maximum Gasteiger partial charge on any atom is 0.170 e. The normalized spacial score (nSPS) is 15.8. The van der Waals surface area contributed by atoms with Crippen LogP contribution in [0.2, 0.25) is 5.02 Å². The minimum Gasteiger partial charge on any atom is -0.495 e. The van der Waals surface area contributed by atoms with E-state index in [2.05, 4.69) is 0 Å². The van der Waals surface area contributed by atoms with Gasteiger partial charge in [-0.1, -0.05) is 11.6 Å². The molecule has 2 rings (SSSR count). The maximum absolute atomic E-state index is 9.74. The van der Waals surface area contributed by atoms with Gasteiger partial charge in [0.2, 0.25) is 0 Å². The molecule has 1 aliphatic heterocycles. The molecule has 4 nitrogen and oxygen atoms in total. The number of methoxy groups -OCH3 is 1. The second kappa shape index (κ2) is 4.39. The number of benzene rings is 1. The van der Waals surface area contributed by atoms with Gasteiger partial charge in [0.25, 0.3) is 0 Å². The molecule has 16 heavy (non-hydrogen) atoms. The zero-order valence-electron chi connectivity index (χ0n) is 9.12. The van der Waals surface area contributed by atoms with Gasteiger partial charge in [0, 0.05) is 6.07 Å². The standard InChI is InChI=1S/C11H13ClO4/c1-6(13)9-10(14-2)7(12)5-8-11(9)16-4-3-15-8/h5-6,13H,3-4H2,1-2H3. The molecule has 88 valence electrons. The van der Waals surface area contributed by atoms with Gasteiger partial charge in [0.15, 0.2) is 11.5 Å². The summed E-state index contributed by atoms with van der Waals surface area (Å²) in [4.78, 5) is 0. The quantitative estimate of drug-likeness (QED) is 0.866. The summed E-state index contributed by atoms with van der Waals surface area (Å²) in [5, 5.41) is 10.1. The average molecular weight is 245 g/mol. The SMILES string of the molecule is COc1c(Cl)cc2c(c1C(C)O)OCCO2. The van der Waals surface area contributed by atoms with Crippen LogP contribution >= 0.6 is 11.6 Å². The predicted octanol–water partition coefficient (Wildman–Crippen LogP) is 2.17. The molecule has 1 aromatic rings. The lowest BCUT2D eigenvalue weighted by atomic mass is 10.1. The van der Waals surface area contributed by atoms with Crippen molar-refractivity contribution in [2.45, 2.75) is 13.0 Å². The lowest BCUT2D eigenvalue weighted by Crippen LogP contribution is -2.17. The molecule has 1 heterocycles. The Balaban J connectivity index is 2.64. The van der Waals surface area contributed by atoms with Crippen LogP contribution in [0.4, 0.5) is 0 Å². The summed E-state index contributed by atoms with van der Waals surface area (Å²) in [6.07, 6.45) is -0.732. The largest absolute Gasteiger partial charge is 0.495 e. The van der Waals surface area contributed by atoms with Crippen LogP contribution in [-0.2, 0) is 0 Å². The molecule has 0 spiro atoms. The van der Waals surface area contributed by atoms with Crippen LogP contribution in [0.25, 0.3) is 0 Å². The minimum atomic E-state index is -0.732. The first-order valence-electron chi connectivity index (χ1n) is 4.99. The Morgan fingerprint density at radius 1 is 1.44 bits per heavy atom. The molecule has 1 N–H and O–H groups in total. The van der Waals surface area contributed by atoms with E-state index in [1.165, 1.54) is 7.11 Å². The molecular formula is C11H13ClO4. The third-order valence-electron chi connectivity index (χ3n) is 2.40. The van der Waals surface area contributed by atoms with Gasteiger partial charge >= 0.3 is 0 Å². The van der Waals surface area contributed by atoms with Gasteiger partial charge in [-0.25, -0.2) is 0 Å². The molecule has 5 heteroatoms. The van der Waals surface area contributed by atoms with Gasteiger partial charge < -0.3 is 19.3 Å². The lowest BCUT2D eigenvalue weighted by Gasteiger charge is -2.24. The van der Waals surface area contributed by atoms with Gasteiger partial charge in [-0.05, 0) is 6.92 Å². The number of aliphatic hydroxyl groups excluding tert-OH is 1.